The van der Waals surface area contributed by atoms with E-state index in [0.29, 0.717) is 17.8 Å². The third-order valence-electron chi connectivity index (χ3n) is 2.45. The van der Waals surface area contributed by atoms with Gasteiger partial charge in [-0.05, 0) is 19.1 Å². The maximum absolute atomic E-state index is 11.8. The molecule has 2 aromatic rings. The quantitative estimate of drug-likeness (QED) is 0.819. The normalized spacial score (nSPS) is 12.0. The van der Waals surface area contributed by atoms with E-state index in [1.807, 2.05) is 31.2 Å². The maximum Gasteiger partial charge on any atom is 0.287 e. The molecule has 3 nitrogen and oxygen atoms in total. The van der Waals surface area contributed by atoms with Crippen molar-refractivity contribution in [2.24, 2.45) is 0 Å². The summed E-state index contributed by atoms with van der Waals surface area (Å²) in [5, 5.41) is 3.70. The van der Waals surface area contributed by atoms with Crippen molar-refractivity contribution in [3.8, 4) is 12.3 Å². The molecule has 1 unspecified atom stereocenters. The summed E-state index contributed by atoms with van der Waals surface area (Å²) in [5.41, 5.74) is 0.710. The molecule has 1 atom stereocenters. The molecule has 17 heavy (non-hydrogen) atoms. The summed E-state index contributed by atoms with van der Waals surface area (Å²) in [4.78, 5) is 11.8. The summed E-state index contributed by atoms with van der Waals surface area (Å²) in [6.07, 6.45) is 5.69. The highest BCUT2D eigenvalue weighted by Crippen LogP contribution is 2.18. The molecule has 0 aliphatic rings. The molecule has 0 aliphatic carbocycles. The zero-order valence-electron chi connectivity index (χ0n) is 9.57. The average molecular weight is 227 g/mol. The van der Waals surface area contributed by atoms with Gasteiger partial charge in [-0.2, -0.15) is 0 Å². The number of furan rings is 1. The number of terminal acetylenes is 1. The molecule has 1 heterocycles. The first kappa shape index (κ1) is 11.3. The van der Waals surface area contributed by atoms with E-state index in [-0.39, 0.29) is 11.9 Å². The second kappa shape index (κ2) is 4.75. The van der Waals surface area contributed by atoms with Crippen LogP contribution in [0.5, 0.6) is 0 Å². The Hall–Kier alpha value is -2.21. The lowest BCUT2D eigenvalue weighted by Crippen LogP contribution is -2.31. The molecular weight excluding hydrogens is 214 g/mol. The number of benzene rings is 1. The third kappa shape index (κ3) is 2.48. The molecule has 0 spiro atoms. The van der Waals surface area contributed by atoms with Crippen LogP contribution in [0.15, 0.2) is 34.7 Å². The summed E-state index contributed by atoms with van der Waals surface area (Å²) in [7, 11) is 0. The maximum atomic E-state index is 11.8. The molecule has 0 bridgehead atoms. The zero-order valence-corrected chi connectivity index (χ0v) is 9.57. The van der Waals surface area contributed by atoms with Crippen molar-refractivity contribution in [1.29, 1.82) is 0 Å². The first-order valence-electron chi connectivity index (χ1n) is 5.43. The number of hydrogen-bond donors (Lipinski definition) is 1. The molecule has 0 saturated carbocycles. The van der Waals surface area contributed by atoms with Gasteiger partial charge in [-0.25, -0.2) is 0 Å². The second-order valence-electron chi connectivity index (χ2n) is 3.93. The van der Waals surface area contributed by atoms with Crippen molar-refractivity contribution >= 4 is 16.9 Å². The fourth-order valence-electron chi connectivity index (χ4n) is 1.62. The molecule has 0 saturated heterocycles. The molecular formula is C14H13NO2. The van der Waals surface area contributed by atoms with E-state index in [1.54, 1.807) is 6.07 Å². The Morgan fingerprint density at radius 1 is 1.53 bits per heavy atom. The van der Waals surface area contributed by atoms with Crippen LogP contribution in [0.4, 0.5) is 0 Å². The minimum absolute atomic E-state index is 0.0549. The molecule has 86 valence electrons. The molecule has 1 N–H and O–H groups in total. The number of para-hydroxylation sites is 1. The van der Waals surface area contributed by atoms with Crippen LogP contribution in [0.3, 0.4) is 0 Å². The smallest absolute Gasteiger partial charge is 0.287 e. The minimum Gasteiger partial charge on any atom is -0.451 e. The monoisotopic (exact) mass is 227 g/mol. The molecule has 0 fully saturated rings. The number of carbonyl (C=O) groups excluding carboxylic acids is 1. The summed E-state index contributed by atoms with van der Waals surface area (Å²) >= 11 is 0. The van der Waals surface area contributed by atoms with Crippen molar-refractivity contribution in [3.63, 3.8) is 0 Å². The number of carbonyl (C=O) groups is 1. The number of rotatable bonds is 3. The van der Waals surface area contributed by atoms with Crippen LogP contribution in [0.2, 0.25) is 0 Å². The first-order chi connectivity index (χ1) is 8.20. The fraction of sp³-hybridized carbons (Fsp3) is 0.214. The van der Waals surface area contributed by atoms with Gasteiger partial charge in [-0.15, -0.1) is 12.3 Å². The summed E-state index contributed by atoms with van der Waals surface area (Å²) in [6.45, 7) is 1.86. The van der Waals surface area contributed by atoms with Crippen LogP contribution in [-0.2, 0) is 0 Å². The molecule has 1 aromatic heterocycles. The van der Waals surface area contributed by atoms with Gasteiger partial charge in [0, 0.05) is 17.8 Å². The fourth-order valence-corrected chi connectivity index (χ4v) is 1.62. The first-order valence-corrected chi connectivity index (χ1v) is 5.43. The van der Waals surface area contributed by atoms with E-state index < -0.39 is 0 Å². The van der Waals surface area contributed by atoms with Gasteiger partial charge in [0.05, 0.1) is 0 Å². The van der Waals surface area contributed by atoms with Crippen molar-refractivity contribution < 1.29 is 9.21 Å². The van der Waals surface area contributed by atoms with Crippen LogP contribution in [0, 0.1) is 12.3 Å². The van der Waals surface area contributed by atoms with E-state index in [2.05, 4.69) is 11.2 Å². The lowest BCUT2D eigenvalue weighted by Gasteiger charge is -2.08. The Morgan fingerprint density at radius 3 is 3.00 bits per heavy atom. The van der Waals surface area contributed by atoms with Gasteiger partial charge in [0.25, 0.3) is 5.91 Å². The standard InChI is InChI=1S/C14H13NO2/c1-3-6-10(2)15-14(16)13-9-11-7-4-5-8-12(11)17-13/h1,4-5,7-10H,6H2,2H3,(H,15,16). The van der Waals surface area contributed by atoms with Crippen LogP contribution in [0.25, 0.3) is 11.0 Å². The largest absolute Gasteiger partial charge is 0.451 e. The Labute approximate surface area is 99.8 Å². The van der Waals surface area contributed by atoms with Crippen LogP contribution < -0.4 is 5.32 Å². The van der Waals surface area contributed by atoms with E-state index in [4.69, 9.17) is 10.8 Å². The van der Waals surface area contributed by atoms with Gasteiger partial charge in [0.1, 0.15) is 5.58 Å². The lowest BCUT2D eigenvalue weighted by atomic mass is 10.2. The Balaban J connectivity index is 2.17. The van der Waals surface area contributed by atoms with E-state index in [9.17, 15) is 4.79 Å². The molecule has 1 aromatic carbocycles. The van der Waals surface area contributed by atoms with Crippen LogP contribution >= 0.6 is 0 Å². The van der Waals surface area contributed by atoms with Crippen molar-refractivity contribution in [2.75, 3.05) is 0 Å². The van der Waals surface area contributed by atoms with Crippen molar-refractivity contribution in [2.45, 2.75) is 19.4 Å². The summed E-state index contributed by atoms with van der Waals surface area (Å²) < 4.78 is 5.45. The number of fused-ring (bicyclic) bond motifs is 1. The number of hydrogen-bond acceptors (Lipinski definition) is 2. The number of amides is 1. The van der Waals surface area contributed by atoms with Gasteiger partial charge in [-0.3, -0.25) is 4.79 Å². The minimum atomic E-state index is -0.232. The Kier molecular flexibility index (Phi) is 3.15. The van der Waals surface area contributed by atoms with Crippen molar-refractivity contribution in [3.05, 3.63) is 36.1 Å². The molecule has 3 heteroatoms. The number of nitrogens with one attached hydrogen (secondary N) is 1. The van der Waals surface area contributed by atoms with Gasteiger partial charge < -0.3 is 9.73 Å². The van der Waals surface area contributed by atoms with Gasteiger partial charge in [-0.1, -0.05) is 18.2 Å². The predicted molar refractivity (Wildman–Crippen MR) is 66.6 cm³/mol. The molecule has 2 rings (SSSR count). The topological polar surface area (TPSA) is 42.2 Å². The van der Waals surface area contributed by atoms with Crippen LogP contribution in [0.1, 0.15) is 23.9 Å². The highest BCUT2D eigenvalue weighted by atomic mass is 16.3. The highest BCUT2D eigenvalue weighted by Gasteiger charge is 2.13. The van der Waals surface area contributed by atoms with Crippen LogP contribution in [-0.4, -0.2) is 11.9 Å². The predicted octanol–water partition coefficient (Wildman–Crippen LogP) is 2.57. The van der Waals surface area contributed by atoms with E-state index >= 15 is 0 Å². The van der Waals surface area contributed by atoms with Gasteiger partial charge >= 0.3 is 0 Å². The van der Waals surface area contributed by atoms with E-state index in [0.717, 1.165) is 5.39 Å². The highest BCUT2D eigenvalue weighted by molar-refractivity contribution is 5.96. The lowest BCUT2D eigenvalue weighted by molar-refractivity contribution is 0.0915. The Morgan fingerprint density at radius 2 is 2.29 bits per heavy atom. The zero-order chi connectivity index (χ0) is 12.3. The summed E-state index contributed by atoms with van der Waals surface area (Å²) in [5.74, 6) is 2.59. The summed E-state index contributed by atoms with van der Waals surface area (Å²) in [6, 6.07) is 9.18. The Bertz CT molecular complexity index is 544. The van der Waals surface area contributed by atoms with Gasteiger partial charge in [0.2, 0.25) is 0 Å². The third-order valence-corrected chi connectivity index (χ3v) is 2.45. The second-order valence-corrected chi connectivity index (χ2v) is 3.93. The van der Waals surface area contributed by atoms with Gasteiger partial charge in [0.15, 0.2) is 5.76 Å². The molecule has 0 radical (unpaired) electrons. The molecule has 1 amide bonds. The SMILES string of the molecule is C#CCC(C)NC(=O)c1cc2ccccc2o1. The van der Waals surface area contributed by atoms with E-state index in [1.165, 1.54) is 0 Å². The van der Waals surface area contributed by atoms with Crippen molar-refractivity contribution in [1.82, 2.24) is 5.32 Å². The molecule has 0 aliphatic heterocycles. The average Bonchev–Trinajstić information content (AvgIpc) is 2.72.